The van der Waals surface area contributed by atoms with Crippen LogP contribution >= 0.6 is 0 Å². The SMILES string of the molecule is C=CCCC(=O)NC[C@@H](C)OC(=O)[C@@H]1[C@H]2C(=O)N(CCCO)[C@H](C(=O)N(CC=C)C(C)(C)C)[C@]23CC[C@H]1O3. The van der Waals surface area contributed by atoms with E-state index in [2.05, 4.69) is 18.5 Å². The van der Waals surface area contributed by atoms with Gasteiger partial charge in [0.15, 0.2) is 0 Å². The number of allylic oxidation sites excluding steroid dienone is 1. The van der Waals surface area contributed by atoms with Gasteiger partial charge in [-0.3, -0.25) is 19.2 Å². The molecule has 3 rings (SSSR count). The number of hydrogen-bond donors (Lipinski definition) is 2. The molecule has 0 saturated carbocycles. The van der Waals surface area contributed by atoms with Gasteiger partial charge in [-0.15, -0.1) is 13.2 Å². The molecule has 10 heteroatoms. The van der Waals surface area contributed by atoms with E-state index < -0.39 is 47.2 Å². The highest BCUT2D eigenvalue weighted by molar-refractivity contribution is 5.98. The lowest BCUT2D eigenvalue weighted by atomic mass is 9.70. The summed E-state index contributed by atoms with van der Waals surface area (Å²) in [6.45, 7) is 15.3. The van der Waals surface area contributed by atoms with E-state index in [1.165, 1.54) is 4.90 Å². The van der Waals surface area contributed by atoms with Crippen molar-refractivity contribution in [2.24, 2.45) is 11.8 Å². The minimum absolute atomic E-state index is 0.136. The topological polar surface area (TPSA) is 125 Å². The molecule has 10 nitrogen and oxygen atoms in total. The van der Waals surface area contributed by atoms with Crippen LogP contribution in [0.4, 0.5) is 0 Å². The second-order valence-electron chi connectivity index (χ2n) is 11.5. The highest BCUT2D eigenvalue weighted by atomic mass is 16.6. The average molecular weight is 534 g/mol. The number of rotatable bonds is 13. The normalized spacial score (nSPS) is 28.6. The first-order valence-electron chi connectivity index (χ1n) is 13.5. The third-order valence-corrected chi connectivity index (χ3v) is 7.73. The van der Waals surface area contributed by atoms with Crippen molar-refractivity contribution < 1.29 is 33.8 Å². The molecular weight excluding hydrogens is 490 g/mol. The van der Waals surface area contributed by atoms with Crippen LogP contribution in [0.15, 0.2) is 25.3 Å². The standard InChI is InChI=1S/C28H43N3O7/c1-7-9-11-20(33)29-17-18(3)37-26(36)21-19-12-13-28(38-19)22(21)24(34)30(15-10-16-32)23(28)25(35)31(14-8-2)27(4,5)6/h7-8,18-19,21-23,32H,1-2,9-17H2,3-6H3,(H,29,33)/t18-,19-,21+,22+,23-,28+/m1/s1. The predicted octanol–water partition coefficient (Wildman–Crippen LogP) is 1.57. The summed E-state index contributed by atoms with van der Waals surface area (Å²) in [4.78, 5) is 56.4. The van der Waals surface area contributed by atoms with Crippen molar-refractivity contribution in [3.05, 3.63) is 25.3 Å². The molecule has 0 aromatic carbocycles. The Bertz CT molecular complexity index is 945. The smallest absolute Gasteiger partial charge is 0.312 e. The Morgan fingerprint density at radius 2 is 2.03 bits per heavy atom. The van der Waals surface area contributed by atoms with Crippen LogP contribution in [0.5, 0.6) is 0 Å². The second kappa shape index (κ2) is 12.0. The molecule has 0 unspecified atom stereocenters. The summed E-state index contributed by atoms with van der Waals surface area (Å²) in [6, 6.07) is -0.907. The van der Waals surface area contributed by atoms with Crippen molar-refractivity contribution in [3.8, 4) is 0 Å². The first kappa shape index (κ1) is 29.8. The highest BCUT2D eigenvalue weighted by Gasteiger charge is 2.75. The average Bonchev–Trinajstić information content (AvgIpc) is 3.49. The zero-order chi connectivity index (χ0) is 28.3. The zero-order valence-electron chi connectivity index (χ0n) is 23.1. The first-order valence-corrected chi connectivity index (χ1v) is 13.5. The monoisotopic (exact) mass is 533 g/mol. The lowest BCUT2D eigenvalue weighted by molar-refractivity contribution is -0.159. The number of esters is 1. The van der Waals surface area contributed by atoms with E-state index in [-0.39, 0.29) is 37.4 Å². The van der Waals surface area contributed by atoms with E-state index in [4.69, 9.17) is 9.47 Å². The molecule has 3 fully saturated rings. The Morgan fingerprint density at radius 3 is 2.63 bits per heavy atom. The number of hydrogen-bond acceptors (Lipinski definition) is 7. The van der Waals surface area contributed by atoms with Crippen LogP contribution in [0.25, 0.3) is 0 Å². The maximum atomic E-state index is 14.1. The van der Waals surface area contributed by atoms with Gasteiger partial charge in [0.05, 0.1) is 24.5 Å². The molecule has 2 bridgehead atoms. The van der Waals surface area contributed by atoms with E-state index in [0.717, 1.165) is 0 Å². The van der Waals surface area contributed by atoms with Crippen LogP contribution in [0.1, 0.15) is 59.8 Å². The molecule has 3 aliphatic rings. The maximum Gasteiger partial charge on any atom is 0.312 e. The Balaban J connectivity index is 1.84. The number of carbonyl (C=O) groups is 4. The third kappa shape index (κ3) is 5.66. The lowest BCUT2D eigenvalue weighted by Gasteiger charge is -2.42. The number of nitrogens with zero attached hydrogens (tertiary/aromatic N) is 2. The van der Waals surface area contributed by atoms with Crippen LogP contribution in [0, 0.1) is 11.8 Å². The summed E-state index contributed by atoms with van der Waals surface area (Å²) >= 11 is 0. The zero-order valence-corrected chi connectivity index (χ0v) is 23.1. The van der Waals surface area contributed by atoms with Gasteiger partial charge >= 0.3 is 5.97 Å². The maximum absolute atomic E-state index is 14.1. The molecule has 0 aromatic rings. The van der Waals surface area contributed by atoms with E-state index in [9.17, 15) is 24.3 Å². The fraction of sp³-hybridized carbons (Fsp3) is 0.714. The van der Waals surface area contributed by atoms with Crippen molar-refractivity contribution in [1.82, 2.24) is 15.1 Å². The Morgan fingerprint density at radius 1 is 1.32 bits per heavy atom. The molecule has 3 aliphatic heterocycles. The summed E-state index contributed by atoms with van der Waals surface area (Å²) in [6.07, 6.45) is 4.35. The third-order valence-electron chi connectivity index (χ3n) is 7.73. The number of likely N-dealkylation sites (tertiary alicyclic amines) is 1. The number of fused-ring (bicyclic) bond motifs is 1. The molecule has 3 saturated heterocycles. The van der Waals surface area contributed by atoms with Gasteiger partial charge in [-0.05, 0) is 53.4 Å². The molecule has 0 aromatic heterocycles. The molecular formula is C28H43N3O7. The van der Waals surface area contributed by atoms with Crippen LogP contribution < -0.4 is 5.32 Å². The first-order chi connectivity index (χ1) is 17.9. The molecule has 6 atom stereocenters. The van der Waals surface area contributed by atoms with Crippen molar-refractivity contribution in [2.45, 2.75) is 89.2 Å². The summed E-state index contributed by atoms with van der Waals surface area (Å²) in [5.41, 5.74) is -1.67. The van der Waals surface area contributed by atoms with Crippen LogP contribution in [0.2, 0.25) is 0 Å². The number of nitrogens with one attached hydrogen (secondary N) is 1. The molecule has 0 aliphatic carbocycles. The number of amides is 3. The molecule has 3 amide bonds. The molecule has 1 spiro atoms. The minimum atomic E-state index is -1.13. The van der Waals surface area contributed by atoms with E-state index in [1.807, 2.05) is 20.8 Å². The van der Waals surface area contributed by atoms with Crippen LogP contribution in [-0.4, -0.2) is 94.2 Å². The van der Waals surface area contributed by atoms with Crippen molar-refractivity contribution in [1.29, 1.82) is 0 Å². The van der Waals surface area contributed by atoms with Gasteiger partial charge in [-0.25, -0.2) is 0 Å². The second-order valence-corrected chi connectivity index (χ2v) is 11.5. The van der Waals surface area contributed by atoms with Gasteiger partial charge in [-0.2, -0.15) is 0 Å². The quantitative estimate of drug-likeness (QED) is 0.272. The molecule has 3 heterocycles. The minimum Gasteiger partial charge on any atom is -0.460 e. The summed E-state index contributed by atoms with van der Waals surface area (Å²) in [5, 5.41) is 12.2. The summed E-state index contributed by atoms with van der Waals surface area (Å²) in [5.74, 6) is -2.98. The molecule has 212 valence electrons. The number of aliphatic hydroxyl groups is 1. The number of aliphatic hydroxyl groups excluding tert-OH is 1. The molecule has 38 heavy (non-hydrogen) atoms. The van der Waals surface area contributed by atoms with Crippen molar-refractivity contribution >= 4 is 23.7 Å². The largest absolute Gasteiger partial charge is 0.460 e. The van der Waals surface area contributed by atoms with Crippen molar-refractivity contribution in [2.75, 3.05) is 26.2 Å². The number of carbonyl (C=O) groups excluding carboxylic acids is 4. The van der Waals surface area contributed by atoms with Gasteiger partial charge in [0.2, 0.25) is 17.7 Å². The summed E-state index contributed by atoms with van der Waals surface area (Å²) < 4.78 is 12.1. The Labute approximate surface area is 225 Å². The summed E-state index contributed by atoms with van der Waals surface area (Å²) in [7, 11) is 0. The lowest BCUT2D eigenvalue weighted by Crippen LogP contribution is -2.60. The number of ether oxygens (including phenoxy) is 2. The van der Waals surface area contributed by atoms with E-state index in [1.54, 1.807) is 24.0 Å². The molecule has 0 radical (unpaired) electrons. The van der Waals surface area contributed by atoms with E-state index >= 15 is 0 Å². The Kier molecular flexibility index (Phi) is 9.41. The fourth-order valence-electron chi connectivity index (χ4n) is 6.05. The van der Waals surface area contributed by atoms with Crippen LogP contribution in [0.3, 0.4) is 0 Å². The Hall–Kier alpha value is -2.72. The van der Waals surface area contributed by atoms with Crippen molar-refractivity contribution in [3.63, 3.8) is 0 Å². The van der Waals surface area contributed by atoms with Gasteiger partial charge in [0.25, 0.3) is 0 Å². The molecule has 2 N–H and O–H groups in total. The fourth-order valence-corrected chi connectivity index (χ4v) is 6.05. The van der Waals surface area contributed by atoms with Gasteiger partial charge in [-0.1, -0.05) is 12.2 Å². The van der Waals surface area contributed by atoms with E-state index in [0.29, 0.717) is 38.6 Å². The van der Waals surface area contributed by atoms with Gasteiger partial charge in [0, 0.05) is 31.7 Å². The van der Waals surface area contributed by atoms with Gasteiger partial charge < -0.3 is 29.7 Å². The highest BCUT2D eigenvalue weighted by Crippen LogP contribution is 2.59. The predicted molar refractivity (Wildman–Crippen MR) is 141 cm³/mol. The van der Waals surface area contributed by atoms with Gasteiger partial charge in [0.1, 0.15) is 17.7 Å². The van der Waals surface area contributed by atoms with Crippen LogP contribution in [-0.2, 0) is 28.7 Å².